The largest absolute Gasteiger partial charge is 0.508 e. The first kappa shape index (κ1) is 12.6. The average molecular weight is 261 g/mol. The molecule has 0 atom stereocenters. The van der Waals surface area contributed by atoms with E-state index in [4.69, 9.17) is 0 Å². The topological polar surface area (TPSA) is 52.5 Å². The minimum Gasteiger partial charge on any atom is -0.508 e. The van der Waals surface area contributed by atoms with Crippen LogP contribution < -0.4 is 5.32 Å². The number of phenolic OH excluding ortho intramolecular Hbond substituents is 2. The lowest BCUT2D eigenvalue weighted by molar-refractivity contribution is 0.446. The Kier molecular flexibility index (Phi) is 3.99. The summed E-state index contributed by atoms with van der Waals surface area (Å²) in [5.41, 5.74) is 1.75. The van der Waals surface area contributed by atoms with Gasteiger partial charge in [0.15, 0.2) is 0 Å². The highest BCUT2D eigenvalue weighted by atomic mass is 32.2. The van der Waals surface area contributed by atoms with Gasteiger partial charge in [0.05, 0.1) is 0 Å². The lowest BCUT2D eigenvalue weighted by Crippen LogP contribution is -1.99. The van der Waals surface area contributed by atoms with Crippen molar-refractivity contribution in [1.29, 1.82) is 0 Å². The second-order valence-corrected chi connectivity index (χ2v) is 4.77. The summed E-state index contributed by atoms with van der Waals surface area (Å²) < 4.78 is 0. The zero-order valence-electron chi connectivity index (χ0n) is 10.1. The maximum atomic E-state index is 9.65. The molecule has 3 nitrogen and oxygen atoms in total. The summed E-state index contributed by atoms with van der Waals surface area (Å²) in [4.78, 5) is 1.22. The summed E-state index contributed by atoms with van der Waals surface area (Å²) in [5.74, 6) is 0.170. The number of anilines is 1. The molecule has 0 aliphatic rings. The van der Waals surface area contributed by atoms with Gasteiger partial charge in [-0.2, -0.15) is 0 Å². The Hall–Kier alpha value is -1.81. The SMILES string of the molecule is CSc1ccc(NCc2ccc(O)cc2O)cc1. The number of benzene rings is 2. The first-order valence-corrected chi connectivity index (χ1v) is 6.80. The molecule has 2 aromatic carbocycles. The van der Waals surface area contributed by atoms with Crippen LogP contribution in [0.4, 0.5) is 5.69 Å². The summed E-state index contributed by atoms with van der Waals surface area (Å²) in [6.45, 7) is 0.519. The third-order valence-electron chi connectivity index (χ3n) is 2.64. The molecule has 4 heteroatoms. The van der Waals surface area contributed by atoms with E-state index < -0.39 is 0 Å². The molecule has 0 fully saturated rings. The summed E-state index contributed by atoms with van der Waals surface area (Å²) in [7, 11) is 0. The predicted molar refractivity (Wildman–Crippen MR) is 75.3 cm³/mol. The molecule has 0 saturated heterocycles. The number of hydrogen-bond donors (Lipinski definition) is 3. The minimum absolute atomic E-state index is 0.0700. The molecule has 0 spiro atoms. The molecule has 0 radical (unpaired) electrons. The van der Waals surface area contributed by atoms with Gasteiger partial charge in [0.2, 0.25) is 0 Å². The Morgan fingerprint density at radius 1 is 1.06 bits per heavy atom. The molecule has 18 heavy (non-hydrogen) atoms. The Labute approximate surface area is 110 Å². The smallest absolute Gasteiger partial charge is 0.124 e. The monoisotopic (exact) mass is 261 g/mol. The van der Waals surface area contributed by atoms with Crippen LogP contribution in [0.3, 0.4) is 0 Å². The van der Waals surface area contributed by atoms with E-state index in [0.717, 1.165) is 11.3 Å². The van der Waals surface area contributed by atoms with Gasteiger partial charge in [0.1, 0.15) is 11.5 Å². The van der Waals surface area contributed by atoms with Crippen molar-refractivity contribution < 1.29 is 10.2 Å². The summed E-state index contributed by atoms with van der Waals surface area (Å²) in [5, 5.41) is 22.1. The highest BCUT2D eigenvalue weighted by molar-refractivity contribution is 7.98. The van der Waals surface area contributed by atoms with E-state index in [1.807, 2.05) is 30.5 Å². The van der Waals surface area contributed by atoms with Gasteiger partial charge in [0.25, 0.3) is 0 Å². The maximum absolute atomic E-state index is 9.65. The van der Waals surface area contributed by atoms with Crippen LogP contribution in [0, 0.1) is 0 Å². The summed E-state index contributed by atoms with van der Waals surface area (Å²) in [6, 6.07) is 12.7. The van der Waals surface area contributed by atoms with Crippen molar-refractivity contribution in [2.24, 2.45) is 0 Å². The zero-order chi connectivity index (χ0) is 13.0. The van der Waals surface area contributed by atoms with E-state index in [9.17, 15) is 10.2 Å². The van der Waals surface area contributed by atoms with E-state index in [-0.39, 0.29) is 11.5 Å². The second-order valence-electron chi connectivity index (χ2n) is 3.90. The fourth-order valence-electron chi connectivity index (χ4n) is 1.61. The molecule has 0 saturated carbocycles. The van der Waals surface area contributed by atoms with Gasteiger partial charge in [-0.1, -0.05) is 0 Å². The lowest BCUT2D eigenvalue weighted by atomic mass is 10.2. The van der Waals surface area contributed by atoms with Crippen molar-refractivity contribution in [2.45, 2.75) is 11.4 Å². The Balaban J connectivity index is 2.02. The highest BCUT2D eigenvalue weighted by Gasteiger charge is 2.02. The molecule has 0 unspecified atom stereocenters. The molecular formula is C14H15NO2S. The van der Waals surface area contributed by atoms with E-state index in [2.05, 4.69) is 5.32 Å². The molecule has 94 valence electrons. The molecule has 0 heterocycles. The van der Waals surface area contributed by atoms with Crippen molar-refractivity contribution in [3.05, 3.63) is 48.0 Å². The maximum Gasteiger partial charge on any atom is 0.124 e. The number of aromatic hydroxyl groups is 2. The first-order valence-electron chi connectivity index (χ1n) is 5.58. The molecule has 0 aliphatic heterocycles. The average Bonchev–Trinajstić information content (AvgIpc) is 2.38. The van der Waals surface area contributed by atoms with Crippen molar-refractivity contribution in [3.63, 3.8) is 0 Å². The van der Waals surface area contributed by atoms with Crippen LogP contribution >= 0.6 is 11.8 Å². The Morgan fingerprint density at radius 3 is 2.39 bits per heavy atom. The van der Waals surface area contributed by atoms with Crippen LogP contribution in [-0.4, -0.2) is 16.5 Å². The highest BCUT2D eigenvalue weighted by Crippen LogP contribution is 2.24. The fraction of sp³-hybridized carbons (Fsp3) is 0.143. The van der Waals surface area contributed by atoms with Crippen LogP contribution in [-0.2, 0) is 6.54 Å². The van der Waals surface area contributed by atoms with Crippen molar-refractivity contribution in [2.75, 3.05) is 11.6 Å². The van der Waals surface area contributed by atoms with E-state index in [1.165, 1.54) is 11.0 Å². The number of rotatable bonds is 4. The van der Waals surface area contributed by atoms with Gasteiger partial charge in [-0.05, 0) is 42.7 Å². The van der Waals surface area contributed by atoms with E-state index in [0.29, 0.717) is 6.54 Å². The van der Waals surface area contributed by atoms with E-state index in [1.54, 1.807) is 23.9 Å². The third-order valence-corrected chi connectivity index (χ3v) is 3.39. The normalized spacial score (nSPS) is 10.3. The van der Waals surface area contributed by atoms with Gasteiger partial charge in [0, 0.05) is 28.8 Å². The number of phenols is 2. The van der Waals surface area contributed by atoms with Crippen LogP contribution in [0.2, 0.25) is 0 Å². The standard InChI is InChI=1S/C14H15NO2S/c1-18-13-6-3-11(4-7-13)15-9-10-2-5-12(16)8-14(10)17/h2-8,15-17H,9H2,1H3. The molecule has 0 amide bonds. The second kappa shape index (κ2) is 5.69. The molecule has 0 aromatic heterocycles. The van der Waals surface area contributed by atoms with Crippen molar-refractivity contribution in [3.8, 4) is 11.5 Å². The molecule has 2 aromatic rings. The number of nitrogens with one attached hydrogen (secondary N) is 1. The fourth-order valence-corrected chi connectivity index (χ4v) is 2.02. The Morgan fingerprint density at radius 2 is 1.78 bits per heavy atom. The van der Waals surface area contributed by atoms with Gasteiger partial charge in [-0.15, -0.1) is 11.8 Å². The summed E-state index contributed by atoms with van der Waals surface area (Å²) in [6.07, 6.45) is 2.04. The van der Waals surface area contributed by atoms with Crippen LogP contribution in [0.1, 0.15) is 5.56 Å². The van der Waals surface area contributed by atoms with Crippen molar-refractivity contribution in [1.82, 2.24) is 0 Å². The van der Waals surface area contributed by atoms with Crippen molar-refractivity contribution >= 4 is 17.4 Å². The van der Waals surface area contributed by atoms with E-state index >= 15 is 0 Å². The minimum atomic E-state index is 0.0700. The quantitative estimate of drug-likeness (QED) is 0.738. The zero-order valence-corrected chi connectivity index (χ0v) is 10.9. The number of hydrogen-bond acceptors (Lipinski definition) is 4. The number of thioether (sulfide) groups is 1. The molecule has 3 N–H and O–H groups in total. The molecule has 2 rings (SSSR count). The van der Waals surface area contributed by atoms with Crippen LogP contribution in [0.5, 0.6) is 11.5 Å². The lowest BCUT2D eigenvalue weighted by Gasteiger charge is -2.09. The molecule has 0 bridgehead atoms. The van der Waals surface area contributed by atoms with Gasteiger partial charge in [-0.3, -0.25) is 0 Å². The van der Waals surface area contributed by atoms with Crippen LogP contribution in [0.15, 0.2) is 47.4 Å². The van der Waals surface area contributed by atoms with Gasteiger partial charge < -0.3 is 15.5 Å². The predicted octanol–water partition coefficient (Wildman–Crippen LogP) is 3.43. The van der Waals surface area contributed by atoms with Crippen LogP contribution in [0.25, 0.3) is 0 Å². The third kappa shape index (κ3) is 3.11. The first-order chi connectivity index (χ1) is 8.69. The molecule has 0 aliphatic carbocycles. The Bertz CT molecular complexity index is 526. The summed E-state index contributed by atoms with van der Waals surface area (Å²) >= 11 is 1.70. The van der Waals surface area contributed by atoms with Gasteiger partial charge in [-0.25, -0.2) is 0 Å². The molecular weight excluding hydrogens is 246 g/mol. The van der Waals surface area contributed by atoms with Gasteiger partial charge >= 0.3 is 0 Å².